The molecule has 122 valence electrons. The summed E-state index contributed by atoms with van der Waals surface area (Å²) in [6.45, 7) is 6.55. The molecule has 2 N–H and O–H groups in total. The lowest BCUT2D eigenvalue weighted by atomic mass is 10.1. The van der Waals surface area contributed by atoms with Crippen LogP contribution in [0.15, 0.2) is 42.5 Å². The summed E-state index contributed by atoms with van der Waals surface area (Å²) in [6, 6.07) is 13.5. The van der Waals surface area contributed by atoms with Gasteiger partial charge in [-0.15, -0.1) is 0 Å². The van der Waals surface area contributed by atoms with Crippen molar-refractivity contribution >= 4 is 11.6 Å². The number of ether oxygens (including phenoxy) is 1. The number of carbonyl (C=O) groups is 1. The molecule has 0 bridgehead atoms. The minimum absolute atomic E-state index is 0.0306. The summed E-state index contributed by atoms with van der Waals surface area (Å²) < 4.78 is 6.08. The normalized spacial score (nSPS) is 11.8. The Kier molecular flexibility index (Phi) is 5.77. The van der Waals surface area contributed by atoms with Gasteiger partial charge in [0.2, 0.25) is 5.91 Å². The number of aryl methyl sites for hydroxylation is 2. The van der Waals surface area contributed by atoms with Crippen LogP contribution in [0.2, 0.25) is 0 Å². The lowest BCUT2D eigenvalue weighted by Crippen LogP contribution is -2.28. The fourth-order valence-electron chi connectivity index (χ4n) is 2.38. The molecule has 1 amide bonds. The van der Waals surface area contributed by atoms with Crippen molar-refractivity contribution in [3.05, 3.63) is 53.6 Å². The predicted molar refractivity (Wildman–Crippen MR) is 94.2 cm³/mol. The summed E-state index contributed by atoms with van der Waals surface area (Å²) >= 11 is 0. The average Bonchev–Trinajstić information content (AvgIpc) is 2.52. The van der Waals surface area contributed by atoms with Crippen molar-refractivity contribution in [1.29, 1.82) is 0 Å². The van der Waals surface area contributed by atoms with Crippen LogP contribution in [-0.2, 0) is 4.79 Å². The van der Waals surface area contributed by atoms with Crippen molar-refractivity contribution in [2.24, 2.45) is 5.92 Å². The molecule has 0 saturated heterocycles. The molecule has 0 radical (unpaired) electrons. The topological polar surface area (TPSA) is 50.4 Å². The molecule has 23 heavy (non-hydrogen) atoms. The molecule has 0 saturated carbocycles. The van der Waals surface area contributed by atoms with Crippen LogP contribution < -0.4 is 15.4 Å². The van der Waals surface area contributed by atoms with Crippen molar-refractivity contribution in [3.63, 3.8) is 0 Å². The molecule has 0 heterocycles. The number of amides is 1. The zero-order valence-corrected chi connectivity index (χ0v) is 14.1. The summed E-state index contributed by atoms with van der Waals surface area (Å²) in [5.74, 6) is 1.33. The second-order valence-corrected chi connectivity index (χ2v) is 5.77. The maximum Gasteiger partial charge on any atom is 0.228 e. The third-order valence-corrected chi connectivity index (χ3v) is 3.72. The Morgan fingerprint density at radius 2 is 1.74 bits per heavy atom. The second-order valence-electron chi connectivity index (χ2n) is 5.77. The Hall–Kier alpha value is -2.33. The van der Waals surface area contributed by atoms with Crippen LogP contribution >= 0.6 is 0 Å². The monoisotopic (exact) mass is 312 g/mol. The zero-order valence-electron chi connectivity index (χ0n) is 14.1. The number of anilines is 1. The standard InChI is InChI=1S/C19H24N2O2/c1-13-8-7-9-14(2)18(13)23-17-11-6-5-10-16(17)21-19(22)15(3)12-20-4/h5-11,15,20H,12H2,1-4H3,(H,21,22). The fraction of sp³-hybridized carbons (Fsp3) is 0.316. The van der Waals surface area contributed by atoms with Gasteiger partial charge in [-0.25, -0.2) is 0 Å². The number of hydrogen-bond donors (Lipinski definition) is 2. The highest BCUT2D eigenvalue weighted by Gasteiger charge is 2.15. The van der Waals surface area contributed by atoms with Gasteiger partial charge in [-0.3, -0.25) is 4.79 Å². The number of benzene rings is 2. The van der Waals surface area contributed by atoms with Crippen LogP contribution in [0.25, 0.3) is 0 Å². The third kappa shape index (κ3) is 4.33. The molecule has 1 atom stereocenters. The molecular weight excluding hydrogens is 288 g/mol. The van der Waals surface area contributed by atoms with Gasteiger partial charge < -0.3 is 15.4 Å². The largest absolute Gasteiger partial charge is 0.455 e. The van der Waals surface area contributed by atoms with E-state index in [1.807, 2.05) is 70.3 Å². The van der Waals surface area contributed by atoms with E-state index in [1.54, 1.807) is 0 Å². The van der Waals surface area contributed by atoms with Gasteiger partial charge in [0.05, 0.1) is 5.69 Å². The van der Waals surface area contributed by atoms with E-state index < -0.39 is 0 Å². The van der Waals surface area contributed by atoms with Crippen molar-refractivity contribution in [3.8, 4) is 11.5 Å². The van der Waals surface area contributed by atoms with E-state index in [1.165, 1.54) is 0 Å². The summed E-state index contributed by atoms with van der Waals surface area (Å²) in [4.78, 5) is 12.2. The van der Waals surface area contributed by atoms with Crippen LogP contribution in [0.5, 0.6) is 11.5 Å². The molecule has 4 nitrogen and oxygen atoms in total. The van der Waals surface area contributed by atoms with Crippen LogP contribution in [0.4, 0.5) is 5.69 Å². The number of rotatable bonds is 6. The maximum absolute atomic E-state index is 12.2. The minimum Gasteiger partial charge on any atom is -0.455 e. The van der Waals surface area contributed by atoms with Crippen LogP contribution in [0.3, 0.4) is 0 Å². The summed E-state index contributed by atoms with van der Waals surface area (Å²) in [6.07, 6.45) is 0. The molecule has 0 aromatic heterocycles. The first kappa shape index (κ1) is 17.0. The van der Waals surface area contributed by atoms with Gasteiger partial charge in [0.15, 0.2) is 5.75 Å². The smallest absolute Gasteiger partial charge is 0.228 e. The van der Waals surface area contributed by atoms with Crippen LogP contribution in [-0.4, -0.2) is 19.5 Å². The SMILES string of the molecule is CNCC(C)C(=O)Nc1ccccc1Oc1c(C)cccc1C. The summed E-state index contributed by atoms with van der Waals surface area (Å²) in [7, 11) is 1.84. The van der Waals surface area contributed by atoms with Gasteiger partial charge in [-0.1, -0.05) is 37.3 Å². The highest BCUT2D eigenvalue weighted by atomic mass is 16.5. The first-order chi connectivity index (χ1) is 11.0. The molecule has 1 unspecified atom stereocenters. The highest BCUT2D eigenvalue weighted by molar-refractivity contribution is 5.93. The van der Waals surface area contributed by atoms with E-state index in [9.17, 15) is 4.79 Å². The Morgan fingerprint density at radius 1 is 1.09 bits per heavy atom. The predicted octanol–water partition coefficient (Wildman–Crippen LogP) is 3.89. The lowest BCUT2D eigenvalue weighted by molar-refractivity contribution is -0.119. The van der Waals surface area contributed by atoms with E-state index in [2.05, 4.69) is 10.6 Å². The van der Waals surface area contributed by atoms with Gasteiger partial charge in [-0.05, 0) is 44.2 Å². The van der Waals surface area contributed by atoms with E-state index in [0.717, 1.165) is 16.9 Å². The van der Waals surface area contributed by atoms with Crippen molar-refractivity contribution < 1.29 is 9.53 Å². The zero-order chi connectivity index (χ0) is 16.8. The molecule has 2 aromatic carbocycles. The molecule has 0 fully saturated rings. The van der Waals surface area contributed by atoms with Gasteiger partial charge in [0.25, 0.3) is 0 Å². The number of carbonyl (C=O) groups excluding carboxylic acids is 1. The Labute approximate surface area is 137 Å². The van der Waals surface area contributed by atoms with Gasteiger partial charge in [-0.2, -0.15) is 0 Å². The summed E-state index contributed by atoms with van der Waals surface area (Å²) in [5.41, 5.74) is 2.81. The Morgan fingerprint density at radius 3 is 2.39 bits per heavy atom. The van der Waals surface area contributed by atoms with Crippen LogP contribution in [0.1, 0.15) is 18.1 Å². The van der Waals surface area contributed by atoms with Gasteiger partial charge in [0, 0.05) is 12.5 Å². The fourth-order valence-corrected chi connectivity index (χ4v) is 2.38. The molecule has 2 aromatic rings. The molecule has 2 rings (SSSR count). The van der Waals surface area contributed by atoms with Crippen molar-refractivity contribution in [2.45, 2.75) is 20.8 Å². The highest BCUT2D eigenvalue weighted by Crippen LogP contribution is 2.33. The molecule has 0 aliphatic rings. The number of hydrogen-bond acceptors (Lipinski definition) is 3. The maximum atomic E-state index is 12.2. The number of para-hydroxylation sites is 3. The average molecular weight is 312 g/mol. The van der Waals surface area contributed by atoms with E-state index in [0.29, 0.717) is 18.0 Å². The quantitative estimate of drug-likeness (QED) is 0.851. The second kappa shape index (κ2) is 7.79. The number of nitrogens with one attached hydrogen (secondary N) is 2. The summed E-state index contributed by atoms with van der Waals surface area (Å²) in [5, 5.41) is 5.96. The van der Waals surface area contributed by atoms with E-state index in [-0.39, 0.29) is 11.8 Å². The Balaban J connectivity index is 2.23. The molecule has 4 heteroatoms. The van der Waals surface area contributed by atoms with Crippen molar-refractivity contribution in [1.82, 2.24) is 5.32 Å². The Bertz CT molecular complexity index is 663. The molecule has 0 aliphatic carbocycles. The molecule has 0 spiro atoms. The first-order valence-electron chi connectivity index (χ1n) is 7.81. The minimum atomic E-state index is -0.117. The molecule has 0 aliphatic heterocycles. The lowest BCUT2D eigenvalue weighted by Gasteiger charge is -2.17. The van der Waals surface area contributed by atoms with Crippen LogP contribution in [0, 0.1) is 19.8 Å². The third-order valence-electron chi connectivity index (χ3n) is 3.72. The van der Waals surface area contributed by atoms with Crippen molar-refractivity contribution in [2.75, 3.05) is 18.9 Å². The first-order valence-corrected chi connectivity index (χ1v) is 7.81. The van der Waals surface area contributed by atoms with E-state index >= 15 is 0 Å². The van der Waals surface area contributed by atoms with Gasteiger partial charge >= 0.3 is 0 Å². The molecular formula is C19H24N2O2. The van der Waals surface area contributed by atoms with Gasteiger partial charge in [0.1, 0.15) is 5.75 Å². The van der Waals surface area contributed by atoms with E-state index in [4.69, 9.17) is 4.74 Å².